The van der Waals surface area contributed by atoms with Crippen LogP contribution in [0.15, 0.2) is 11.6 Å². The van der Waals surface area contributed by atoms with Crippen molar-refractivity contribution in [3.8, 4) is 0 Å². The number of unbranched alkanes of at least 4 members (excludes halogenated alkanes) is 3. The Balaban J connectivity index is -0.000000301. The number of phosphoric ester groups is 1. The Morgan fingerprint density at radius 1 is 0.958 bits per heavy atom. The Morgan fingerprint density at radius 3 is 1.71 bits per heavy atom. The molecule has 24 heavy (non-hydrogen) atoms. The topological polar surface area (TPSA) is 182 Å². The van der Waals surface area contributed by atoms with Crippen molar-refractivity contribution in [2.75, 3.05) is 0 Å². The lowest BCUT2D eigenvalue weighted by molar-refractivity contribution is -0.343. The van der Waals surface area contributed by atoms with E-state index < -0.39 is 13.9 Å². The highest BCUT2D eigenvalue weighted by molar-refractivity contribution is 7.43. The van der Waals surface area contributed by atoms with Gasteiger partial charge in [0.15, 0.2) is 0 Å². The summed E-state index contributed by atoms with van der Waals surface area (Å²) in [6, 6.07) is 0. The van der Waals surface area contributed by atoms with Gasteiger partial charge >= 0.3 is 0 Å². The molecule has 0 aromatic heterocycles. The van der Waals surface area contributed by atoms with Crippen molar-refractivity contribution in [2.24, 2.45) is 0 Å². The van der Waals surface area contributed by atoms with Crippen LogP contribution < -0.4 is 45.2 Å². The Bertz CT molecular complexity index is 318. The maximum atomic E-state index is 10.8. The average molecular weight is 438 g/mol. The molecule has 0 aromatic carbocycles. The first-order chi connectivity index (χ1) is 9.42. The van der Waals surface area contributed by atoms with Crippen LogP contribution in [0.25, 0.3) is 0 Å². The molecule has 1 unspecified atom stereocenters. The molecule has 0 amide bonds. The largest absolute Gasteiger partial charge is 1.00 e. The Morgan fingerprint density at radius 2 is 1.38 bits per heavy atom. The third-order valence-electron chi connectivity index (χ3n) is 3.23. The van der Waals surface area contributed by atoms with Gasteiger partial charge in [0.2, 0.25) is 0 Å². The first kappa shape index (κ1) is 35.3. The van der Waals surface area contributed by atoms with E-state index in [-0.39, 0.29) is 35.4 Å². The van der Waals surface area contributed by atoms with Gasteiger partial charge in [0.25, 0.3) is 0 Å². The smallest absolute Gasteiger partial charge is 0.0810 e. The number of halogens is 1. The van der Waals surface area contributed by atoms with Crippen LogP contribution in [0, 0.1) is 0 Å². The molecule has 1 atom stereocenters. The van der Waals surface area contributed by atoms with Gasteiger partial charge in [-0.2, -0.15) is 0 Å². The van der Waals surface area contributed by atoms with Crippen molar-refractivity contribution in [3.05, 3.63) is 11.6 Å². The molecule has 0 heterocycles. The molecular formula is C15H41BrN3O4P. The van der Waals surface area contributed by atoms with Gasteiger partial charge < -0.3 is 54.3 Å². The minimum absolute atomic E-state index is 0. The van der Waals surface area contributed by atoms with Crippen LogP contribution >= 0.6 is 7.82 Å². The van der Waals surface area contributed by atoms with E-state index in [4.69, 9.17) is 4.52 Å². The second-order valence-corrected chi connectivity index (χ2v) is 6.37. The fourth-order valence-corrected chi connectivity index (χ4v) is 2.60. The molecule has 0 aromatic rings. The molecule has 0 radical (unpaired) electrons. The van der Waals surface area contributed by atoms with Gasteiger partial charge in [0.1, 0.15) is 0 Å². The summed E-state index contributed by atoms with van der Waals surface area (Å²) in [7, 11) is -4.91. The summed E-state index contributed by atoms with van der Waals surface area (Å²) in [6.07, 6.45) is 10.00. The summed E-state index contributed by atoms with van der Waals surface area (Å²) in [4.78, 5) is 21.7. The zero-order valence-corrected chi connectivity index (χ0v) is 19.0. The van der Waals surface area contributed by atoms with E-state index in [9.17, 15) is 14.4 Å². The molecule has 9 heteroatoms. The molecule has 0 rings (SSSR count). The van der Waals surface area contributed by atoms with Crippen molar-refractivity contribution < 1.29 is 35.9 Å². The summed E-state index contributed by atoms with van der Waals surface area (Å²) in [5.74, 6) is 0. The van der Waals surface area contributed by atoms with E-state index in [1.54, 1.807) is 0 Å². The lowest BCUT2D eigenvalue weighted by Crippen LogP contribution is -3.00. The second kappa shape index (κ2) is 21.3. The molecule has 0 saturated heterocycles. The fraction of sp³-hybridized carbons (Fsp3) is 0.867. The van der Waals surface area contributed by atoms with Crippen LogP contribution in [0.3, 0.4) is 0 Å². The number of hydrogen-bond acceptors (Lipinski definition) is 4. The van der Waals surface area contributed by atoms with Crippen molar-refractivity contribution in [2.45, 2.75) is 84.7 Å². The molecule has 152 valence electrons. The number of allylic oxidation sites excluding steroid dienone is 1. The van der Waals surface area contributed by atoms with E-state index in [0.717, 1.165) is 51.4 Å². The summed E-state index contributed by atoms with van der Waals surface area (Å²) < 4.78 is 15.5. The zero-order chi connectivity index (χ0) is 15.4. The average Bonchev–Trinajstić information content (AvgIpc) is 2.37. The lowest BCUT2D eigenvalue weighted by atomic mass is 9.99. The molecule has 0 fully saturated rings. The van der Waals surface area contributed by atoms with Crippen LogP contribution in [0.2, 0.25) is 0 Å². The SMILES string of the molecule is CCCCC(=CC(CCCC)OP(=O)([O-])[O-])CCCC.[Br-].[NH4+].[NH4+].[NH4+]. The molecule has 0 saturated carbocycles. The van der Waals surface area contributed by atoms with Crippen molar-refractivity contribution in [1.82, 2.24) is 18.5 Å². The minimum atomic E-state index is -4.91. The van der Waals surface area contributed by atoms with E-state index in [1.165, 1.54) is 5.57 Å². The van der Waals surface area contributed by atoms with E-state index >= 15 is 0 Å². The van der Waals surface area contributed by atoms with Gasteiger partial charge in [-0.1, -0.05) is 58.1 Å². The molecule has 0 bridgehead atoms. The van der Waals surface area contributed by atoms with Crippen LogP contribution in [0.1, 0.15) is 78.6 Å². The standard InChI is InChI=1S/C15H31O4P.BrH.3H3N/c1-4-7-10-14(11-8-5-2)13-15(12-9-6-3)19-20(16,17)18;;;;/h13,15H,4-12H2,1-3H3,(H2,16,17,18);1H;3*1H3. The monoisotopic (exact) mass is 437 g/mol. The summed E-state index contributed by atoms with van der Waals surface area (Å²) in [5, 5.41) is 0. The normalized spacial score (nSPS) is 11.0. The molecule has 0 spiro atoms. The molecule has 0 aliphatic rings. The quantitative estimate of drug-likeness (QED) is 0.310. The van der Waals surface area contributed by atoms with Gasteiger partial charge in [0.05, 0.1) is 13.9 Å². The van der Waals surface area contributed by atoms with Crippen molar-refractivity contribution in [1.29, 1.82) is 0 Å². The number of rotatable bonds is 12. The molecule has 12 N–H and O–H groups in total. The van der Waals surface area contributed by atoms with Crippen molar-refractivity contribution in [3.63, 3.8) is 0 Å². The van der Waals surface area contributed by atoms with E-state index in [0.29, 0.717) is 6.42 Å². The first-order valence-corrected chi connectivity index (χ1v) is 9.29. The second-order valence-electron chi connectivity index (χ2n) is 5.27. The van der Waals surface area contributed by atoms with E-state index in [1.807, 2.05) is 13.0 Å². The van der Waals surface area contributed by atoms with Gasteiger partial charge in [-0.3, -0.25) is 0 Å². The number of quaternary nitrogens is 3. The third-order valence-corrected chi connectivity index (χ3v) is 3.76. The molecular weight excluding hydrogens is 397 g/mol. The van der Waals surface area contributed by atoms with Crippen molar-refractivity contribution >= 4 is 7.82 Å². The fourth-order valence-electron chi connectivity index (χ4n) is 2.10. The van der Waals surface area contributed by atoms with Crippen LogP contribution in [-0.2, 0) is 9.09 Å². The molecule has 0 aliphatic carbocycles. The first-order valence-electron chi connectivity index (χ1n) is 7.82. The van der Waals surface area contributed by atoms with E-state index in [2.05, 4.69) is 13.8 Å². The maximum Gasteiger partial charge on any atom is 0.0810 e. The Labute approximate surface area is 158 Å². The Kier molecular flexibility index (Phi) is 31.3. The molecule has 0 aliphatic heterocycles. The summed E-state index contributed by atoms with van der Waals surface area (Å²) in [5.41, 5.74) is 1.23. The van der Waals surface area contributed by atoms with Crippen LogP contribution in [-0.4, -0.2) is 6.10 Å². The number of hydrogen-bond donors (Lipinski definition) is 3. The third kappa shape index (κ3) is 22.2. The highest BCUT2D eigenvalue weighted by Crippen LogP contribution is 2.31. The highest BCUT2D eigenvalue weighted by Gasteiger charge is 2.09. The highest BCUT2D eigenvalue weighted by atomic mass is 79.9. The van der Waals surface area contributed by atoms with Crippen LogP contribution in [0.5, 0.6) is 0 Å². The van der Waals surface area contributed by atoms with Crippen LogP contribution in [0.4, 0.5) is 0 Å². The number of phosphoric acid groups is 1. The van der Waals surface area contributed by atoms with Gasteiger partial charge in [-0.25, -0.2) is 0 Å². The molecule has 7 nitrogen and oxygen atoms in total. The predicted molar refractivity (Wildman–Crippen MR) is 97.1 cm³/mol. The summed E-state index contributed by atoms with van der Waals surface area (Å²) in [6.45, 7) is 6.29. The minimum Gasteiger partial charge on any atom is -1.00 e. The Hall–Kier alpha value is 0.210. The predicted octanol–water partition coefficient (Wildman–Crippen LogP) is 1.83. The lowest BCUT2D eigenvalue weighted by Gasteiger charge is -2.32. The van der Waals surface area contributed by atoms with Gasteiger partial charge in [-0.05, 0) is 32.1 Å². The maximum absolute atomic E-state index is 10.8. The van der Waals surface area contributed by atoms with Gasteiger partial charge in [0, 0.05) is 0 Å². The van der Waals surface area contributed by atoms with Gasteiger partial charge in [-0.15, -0.1) is 0 Å². The summed E-state index contributed by atoms with van der Waals surface area (Å²) >= 11 is 0. The zero-order valence-electron chi connectivity index (χ0n) is 16.5.